The zero-order valence-corrected chi connectivity index (χ0v) is 14.7. The van der Waals surface area contributed by atoms with E-state index in [-0.39, 0.29) is 11.5 Å². The first-order chi connectivity index (χ1) is 13.5. The van der Waals surface area contributed by atoms with Crippen LogP contribution in [0, 0.1) is 17.5 Å². The summed E-state index contributed by atoms with van der Waals surface area (Å²) < 4.78 is 50.4. The largest absolute Gasteiger partial charge is 0.493 e. The number of nitrogens with zero attached hydrogens (tertiary/aromatic N) is 1. The van der Waals surface area contributed by atoms with E-state index in [0.717, 1.165) is 17.3 Å². The van der Waals surface area contributed by atoms with Crippen LogP contribution in [0.3, 0.4) is 0 Å². The number of ether oxygens (including phenoxy) is 2. The molecule has 0 aliphatic rings. The molecule has 0 radical (unpaired) electrons. The van der Waals surface area contributed by atoms with Crippen molar-refractivity contribution in [3.63, 3.8) is 0 Å². The van der Waals surface area contributed by atoms with Crippen LogP contribution in [-0.2, 0) is 0 Å². The molecule has 7 heteroatoms. The highest BCUT2D eigenvalue weighted by Crippen LogP contribution is 2.30. The van der Waals surface area contributed by atoms with Crippen molar-refractivity contribution < 1.29 is 27.4 Å². The Bertz CT molecular complexity index is 1040. The van der Waals surface area contributed by atoms with Crippen LogP contribution in [0.25, 0.3) is 12.2 Å². The molecule has 0 aliphatic carbocycles. The summed E-state index contributed by atoms with van der Waals surface area (Å²) in [5.41, 5.74) is 0.771. The number of hydrogen-bond acceptors (Lipinski definition) is 4. The first-order valence-corrected chi connectivity index (χ1v) is 8.12. The Morgan fingerprint density at radius 1 is 0.964 bits per heavy atom. The van der Waals surface area contributed by atoms with Crippen molar-refractivity contribution in [2.24, 2.45) is 0 Å². The van der Waals surface area contributed by atoms with E-state index in [2.05, 4.69) is 4.98 Å². The lowest BCUT2D eigenvalue weighted by atomic mass is 10.1. The zero-order chi connectivity index (χ0) is 20.1. The molecule has 0 unspecified atom stereocenters. The van der Waals surface area contributed by atoms with Crippen molar-refractivity contribution in [1.82, 2.24) is 4.98 Å². The Hall–Kier alpha value is -3.61. The normalized spacial score (nSPS) is 10.9. The third-order valence-corrected chi connectivity index (χ3v) is 3.78. The highest BCUT2D eigenvalue weighted by Gasteiger charge is 2.21. The van der Waals surface area contributed by atoms with Crippen molar-refractivity contribution in [2.75, 3.05) is 7.11 Å². The number of esters is 1. The third-order valence-electron chi connectivity index (χ3n) is 3.78. The third kappa shape index (κ3) is 4.20. The highest BCUT2D eigenvalue weighted by atomic mass is 19.2. The van der Waals surface area contributed by atoms with Crippen molar-refractivity contribution >= 4 is 18.1 Å². The molecule has 28 heavy (non-hydrogen) atoms. The SMILES string of the molecule is COc1cc(/C=C/c2ccccn2)ccc1OC(=O)c1ccc(F)c(F)c1F. The van der Waals surface area contributed by atoms with Gasteiger partial charge in [0.05, 0.1) is 18.4 Å². The fourth-order valence-corrected chi connectivity index (χ4v) is 2.37. The second-order valence-electron chi connectivity index (χ2n) is 5.61. The number of methoxy groups -OCH3 is 1. The molecule has 1 heterocycles. The van der Waals surface area contributed by atoms with Gasteiger partial charge in [0.15, 0.2) is 29.0 Å². The number of benzene rings is 2. The molecule has 0 spiro atoms. The molecule has 0 aliphatic heterocycles. The molecule has 0 fully saturated rings. The van der Waals surface area contributed by atoms with Gasteiger partial charge in [0.1, 0.15) is 0 Å². The van der Waals surface area contributed by atoms with E-state index in [9.17, 15) is 18.0 Å². The number of halogens is 3. The summed E-state index contributed by atoms with van der Waals surface area (Å²) in [6.45, 7) is 0. The van der Waals surface area contributed by atoms with Crippen LogP contribution >= 0.6 is 0 Å². The number of carbonyl (C=O) groups excluding carboxylic acids is 1. The maximum absolute atomic E-state index is 13.8. The summed E-state index contributed by atoms with van der Waals surface area (Å²) in [6.07, 6.45) is 5.24. The number of rotatable bonds is 5. The fraction of sp³-hybridized carbons (Fsp3) is 0.0476. The number of carbonyl (C=O) groups is 1. The van der Waals surface area contributed by atoms with Gasteiger partial charge in [-0.25, -0.2) is 18.0 Å². The Morgan fingerprint density at radius 3 is 2.50 bits per heavy atom. The molecule has 1 aromatic heterocycles. The van der Waals surface area contributed by atoms with Gasteiger partial charge >= 0.3 is 5.97 Å². The van der Waals surface area contributed by atoms with E-state index in [0.29, 0.717) is 6.07 Å². The van der Waals surface area contributed by atoms with E-state index in [1.54, 1.807) is 36.5 Å². The van der Waals surface area contributed by atoms with Crippen molar-refractivity contribution in [2.45, 2.75) is 0 Å². The Labute approximate surface area is 158 Å². The summed E-state index contributed by atoms with van der Waals surface area (Å²) in [5, 5.41) is 0. The second-order valence-corrected chi connectivity index (χ2v) is 5.61. The Kier molecular flexibility index (Phi) is 5.74. The van der Waals surface area contributed by atoms with E-state index >= 15 is 0 Å². The molecule has 3 rings (SSSR count). The molecule has 0 saturated heterocycles. The fourth-order valence-electron chi connectivity index (χ4n) is 2.37. The average molecular weight is 385 g/mol. The molecule has 0 amide bonds. The van der Waals surface area contributed by atoms with Gasteiger partial charge in [-0.05, 0) is 48.0 Å². The standard InChI is InChI=1S/C21H14F3NO3/c1-27-18-12-13(5-7-14-4-2-3-11-25-14)6-10-17(18)28-21(26)15-8-9-16(22)20(24)19(15)23/h2-12H,1H3/b7-5+. The minimum atomic E-state index is -1.74. The van der Waals surface area contributed by atoms with Crippen molar-refractivity contribution in [1.29, 1.82) is 0 Å². The van der Waals surface area contributed by atoms with Crippen LogP contribution in [0.15, 0.2) is 54.7 Å². The number of pyridine rings is 1. The van der Waals surface area contributed by atoms with E-state index in [4.69, 9.17) is 9.47 Å². The van der Waals surface area contributed by atoms with Crippen LogP contribution in [0.4, 0.5) is 13.2 Å². The van der Waals surface area contributed by atoms with Gasteiger partial charge in [-0.1, -0.05) is 18.2 Å². The van der Waals surface area contributed by atoms with Gasteiger partial charge in [-0.3, -0.25) is 4.98 Å². The first-order valence-electron chi connectivity index (χ1n) is 8.12. The minimum absolute atomic E-state index is 0.00613. The predicted octanol–water partition coefficient (Wildman–Crippen LogP) is 4.90. The monoisotopic (exact) mass is 385 g/mol. The lowest BCUT2D eigenvalue weighted by molar-refractivity contribution is 0.0723. The quantitative estimate of drug-likeness (QED) is 0.356. The predicted molar refractivity (Wildman–Crippen MR) is 97.4 cm³/mol. The van der Waals surface area contributed by atoms with Gasteiger partial charge in [0.25, 0.3) is 0 Å². The molecule has 0 atom stereocenters. The molecule has 2 aromatic carbocycles. The molecular formula is C21H14F3NO3. The zero-order valence-electron chi connectivity index (χ0n) is 14.7. The molecule has 142 valence electrons. The van der Waals surface area contributed by atoms with Gasteiger partial charge in [-0.2, -0.15) is 0 Å². The average Bonchev–Trinajstić information content (AvgIpc) is 2.72. The van der Waals surface area contributed by atoms with Gasteiger partial charge in [0, 0.05) is 6.20 Å². The van der Waals surface area contributed by atoms with Crippen LogP contribution < -0.4 is 9.47 Å². The molecule has 3 aromatic rings. The molecule has 4 nitrogen and oxygen atoms in total. The molecule has 0 N–H and O–H groups in total. The van der Waals surface area contributed by atoms with Crippen LogP contribution in [-0.4, -0.2) is 18.1 Å². The van der Waals surface area contributed by atoms with Crippen LogP contribution in [0.2, 0.25) is 0 Å². The van der Waals surface area contributed by atoms with Crippen molar-refractivity contribution in [3.05, 3.63) is 89.0 Å². The molecular weight excluding hydrogens is 371 g/mol. The summed E-state index contributed by atoms with van der Waals surface area (Å²) in [6, 6.07) is 11.7. The highest BCUT2D eigenvalue weighted by molar-refractivity contribution is 5.91. The lowest BCUT2D eigenvalue weighted by Crippen LogP contribution is -2.13. The number of hydrogen-bond donors (Lipinski definition) is 0. The smallest absolute Gasteiger partial charge is 0.346 e. The summed E-state index contributed by atoms with van der Waals surface area (Å²) in [4.78, 5) is 16.3. The Morgan fingerprint density at radius 2 is 1.79 bits per heavy atom. The number of aromatic nitrogens is 1. The summed E-state index contributed by atoms with van der Waals surface area (Å²) in [5.74, 6) is -5.71. The summed E-state index contributed by atoms with van der Waals surface area (Å²) >= 11 is 0. The van der Waals surface area contributed by atoms with Gasteiger partial charge in [-0.15, -0.1) is 0 Å². The topological polar surface area (TPSA) is 48.4 Å². The molecule has 0 saturated carbocycles. The maximum atomic E-state index is 13.8. The Balaban J connectivity index is 1.82. The first kappa shape index (κ1) is 19.2. The van der Waals surface area contributed by atoms with Crippen molar-refractivity contribution in [3.8, 4) is 11.5 Å². The van der Waals surface area contributed by atoms with Crippen LogP contribution in [0.5, 0.6) is 11.5 Å². The summed E-state index contributed by atoms with van der Waals surface area (Å²) in [7, 11) is 1.37. The minimum Gasteiger partial charge on any atom is -0.493 e. The van der Waals surface area contributed by atoms with Gasteiger partial charge < -0.3 is 9.47 Å². The molecule has 0 bridgehead atoms. The van der Waals surface area contributed by atoms with E-state index in [1.165, 1.54) is 13.2 Å². The lowest BCUT2D eigenvalue weighted by Gasteiger charge is -2.10. The maximum Gasteiger partial charge on any atom is 0.346 e. The van der Waals surface area contributed by atoms with E-state index < -0.39 is 29.0 Å². The van der Waals surface area contributed by atoms with Crippen LogP contribution in [0.1, 0.15) is 21.6 Å². The van der Waals surface area contributed by atoms with E-state index in [1.807, 2.05) is 12.1 Å². The second kappa shape index (κ2) is 8.39. The van der Waals surface area contributed by atoms with Gasteiger partial charge in [0.2, 0.25) is 0 Å².